The van der Waals surface area contributed by atoms with Gasteiger partial charge >= 0.3 is 6.18 Å². The number of halogens is 3. The summed E-state index contributed by atoms with van der Waals surface area (Å²) in [7, 11) is 1.44. The summed E-state index contributed by atoms with van der Waals surface area (Å²) in [5, 5.41) is 11.3. The van der Waals surface area contributed by atoms with Crippen LogP contribution in [0.3, 0.4) is 0 Å². The molecule has 3 aromatic carbocycles. The number of carbonyl (C=O) groups excluding carboxylic acids is 2. The Morgan fingerprint density at radius 3 is 2.59 bits per heavy atom. The Labute approximate surface area is 210 Å². The van der Waals surface area contributed by atoms with Crippen LogP contribution in [0.1, 0.15) is 34.7 Å². The van der Waals surface area contributed by atoms with Gasteiger partial charge in [-0.05, 0) is 72.5 Å². The Bertz CT molecular complexity index is 1430. The van der Waals surface area contributed by atoms with E-state index in [4.69, 9.17) is 9.47 Å². The third-order valence-corrected chi connectivity index (χ3v) is 6.49. The van der Waals surface area contributed by atoms with Gasteiger partial charge in [-0.2, -0.15) is 13.2 Å². The van der Waals surface area contributed by atoms with Gasteiger partial charge in [-0.1, -0.05) is 18.2 Å². The van der Waals surface area contributed by atoms with Crippen molar-refractivity contribution in [1.29, 1.82) is 0 Å². The number of alkyl halides is 3. The van der Waals surface area contributed by atoms with Crippen LogP contribution in [0.15, 0.2) is 72.3 Å². The van der Waals surface area contributed by atoms with E-state index in [-0.39, 0.29) is 11.3 Å². The number of benzene rings is 3. The van der Waals surface area contributed by atoms with E-state index in [2.05, 4.69) is 0 Å². The van der Waals surface area contributed by atoms with Crippen molar-refractivity contribution in [3.63, 3.8) is 0 Å². The maximum Gasteiger partial charge on any atom is 0.416 e. The first-order valence-corrected chi connectivity index (χ1v) is 11.6. The zero-order chi connectivity index (χ0) is 26.3. The molecule has 6 nitrogen and oxygen atoms in total. The highest BCUT2D eigenvalue weighted by Gasteiger charge is 2.47. The number of amides is 1. The van der Waals surface area contributed by atoms with Crippen molar-refractivity contribution in [2.24, 2.45) is 0 Å². The molecule has 1 fully saturated rings. The van der Waals surface area contributed by atoms with Crippen LogP contribution < -0.4 is 14.4 Å². The molecule has 0 saturated carbocycles. The van der Waals surface area contributed by atoms with Crippen LogP contribution in [0.5, 0.6) is 11.5 Å². The lowest BCUT2D eigenvalue weighted by Gasteiger charge is -2.26. The lowest BCUT2D eigenvalue weighted by Crippen LogP contribution is -2.29. The minimum absolute atomic E-state index is 0.123. The van der Waals surface area contributed by atoms with Gasteiger partial charge in [0.1, 0.15) is 17.3 Å². The largest absolute Gasteiger partial charge is 0.507 e. The Kier molecular flexibility index (Phi) is 6.15. The number of fused-ring (bicyclic) bond motifs is 1. The van der Waals surface area contributed by atoms with E-state index < -0.39 is 35.2 Å². The van der Waals surface area contributed by atoms with Crippen LogP contribution in [0.4, 0.5) is 18.9 Å². The van der Waals surface area contributed by atoms with Crippen LogP contribution in [-0.4, -0.2) is 30.5 Å². The first kappa shape index (κ1) is 24.4. The number of carbonyl (C=O) groups is 2. The van der Waals surface area contributed by atoms with Gasteiger partial charge in [0.05, 0.1) is 30.9 Å². The summed E-state index contributed by atoms with van der Waals surface area (Å²) in [6.07, 6.45) is -3.14. The van der Waals surface area contributed by atoms with E-state index in [1.807, 2.05) is 0 Å². The van der Waals surface area contributed by atoms with E-state index in [0.717, 1.165) is 29.0 Å². The maximum atomic E-state index is 13.5. The fourth-order valence-corrected chi connectivity index (χ4v) is 4.72. The summed E-state index contributed by atoms with van der Waals surface area (Å²) in [5.74, 6) is -1.38. The SMILES string of the molecule is COc1cccc(C2/C(=C(/O)c3ccc4c(c3)CCCO4)C(=O)C(=O)N2c2cccc(C(F)(F)F)c2)c1. The van der Waals surface area contributed by atoms with Crippen molar-refractivity contribution in [3.05, 3.63) is 94.6 Å². The molecule has 1 N–H and O–H groups in total. The average molecular weight is 509 g/mol. The molecule has 0 aromatic heterocycles. The predicted octanol–water partition coefficient (Wildman–Crippen LogP) is 5.67. The number of Topliss-reactive ketones (excluding diaryl/α,β-unsaturated/α-hetero) is 1. The molecule has 37 heavy (non-hydrogen) atoms. The number of ketones is 1. The molecule has 190 valence electrons. The van der Waals surface area contributed by atoms with Gasteiger partial charge in [-0.3, -0.25) is 14.5 Å². The molecule has 9 heteroatoms. The molecule has 0 radical (unpaired) electrons. The summed E-state index contributed by atoms with van der Waals surface area (Å²) >= 11 is 0. The molecule has 1 atom stereocenters. The lowest BCUT2D eigenvalue weighted by molar-refractivity contribution is -0.137. The van der Waals surface area contributed by atoms with Crippen molar-refractivity contribution in [1.82, 2.24) is 0 Å². The molecular formula is C28H22F3NO5. The van der Waals surface area contributed by atoms with Crippen molar-refractivity contribution in [3.8, 4) is 11.5 Å². The van der Waals surface area contributed by atoms with Crippen LogP contribution in [0, 0.1) is 0 Å². The molecule has 2 aliphatic rings. The average Bonchev–Trinajstić information content (AvgIpc) is 3.17. The standard InChI is InChI=1S/C28H22F3NO5/c1-36-21-9-2-5-17(14-21)24-23(25(33)18-10-11-22-16(13-18)6-4-12-37-22)26(34)27(35)32(24)20-8-3-7-19(15-20)28(29,30)31/h2-3,5,7-11,13-15,24,33H,4,6,12H2,1H3/b25-23-. The Hall–Kier alpha value is -4.27. The Morgan fingerprint density at radius 2 is 1.84 bits per heavy atom. The van der Waals surface area contributed by atoms with Crippen LogP contribution in [0.2, 0.25) is 0 Å². The monoisotopic (exact) mass is 509 g/mol. The van der Waals surface area contributed by atoms with E-state index in [1.54, 1.807) is 42.5 Å². The maximum absolute atomic E-state index is 13.5. The molecule has 0 bridgehead atoms. The molecule has 5 rings (SSSR count). The predicted molar refractivity (Wildman–Crippen MR) is 129 cm³/mol. The number of aliphatic hydroxyl groups is 1. The molecule has 0 aliphatic carbocycles. The second-order valence-electron chi connectivity index (χ2n) is 8.77. The van der Waals surface area contributed by atoms with Crippen molar-refractivity contribution < 1.29 is 37.3 Å². The van der Waals surface area contributed by atoms with Gasteiger partial charge in [-0.25, -0.2) is 0 Å². The molecule has 1 amide bonds. The highest BCUT2D eigenvalue weighted by Crippen LogP contribution is 2.44. The first-order valence-electron chi connectivity index (χ1n) is 11.6. The van der Waals surface area contributed by atoms with Gasteiger partial charge in [0.15, 0.2) is 0 Å². The fraction of sp³-hybridized carbons (Fsp3) is 0.214. The number of aryl methyl sites for hydroxylation is 1. The Balaban J connectivity index is 1.71. The second kappa shape index (κ2) is 9.31. The summed E-state index contributed by atoms with van der Waals surface area (Å²) in [5.41, 5.74) is 0.222. The lowest BCUT2D eigenvalue weighted by atomic mass is 9.93. The number of aliphatic hydroxyl groups excluding tert-OH is 1. The van der Waals surface area contributed by atoms with Gasteiger partial charge < -0.3 is 14.6 Å². The summed E-state index contributed by atoms with van der Waals surface area (Å²) in [6, 6.07) is 14.5. The van der Waals surface area contributed by atoms with Gasteiger partial charge in [0, 0.05) is 11.3 Å². The third kappa shape index (κ3) is 4.41. The molecule has 2 heterocycles. The van der Waals surface area contributed by atoms with Gasteiger partial charge in [-0.15, -0.1) is 0 Å². The number of hydrogen-bond acceptors (Lipinski definition) is 5. The van der Waals surface area contributed by atoms with E-state index in [0.29, 0.717) is 35.7 Å². The minimum atomic E-state index is -4.65. The van der Waals surface area contributed by atoms with E-state index >= 15 is 0 Å². The smallest absolute Gasteiger partial charge is 0.416 e. The highest BCUT2D eigenvalue weighted by atomic mass is 19.4. The van der Waals surface area contributed by atoms with Crippen molar-refractivity contribution in [2.75, 3.05) is 18.6 Å². The fourth-order valence-electron chi connectivity index (χ4n) is 4.72. The number of hydrogen-bond donors (Lipinski definition) is 1. The number of anilines is 1. The van der Waals surface area contributed by atoms with Crippen LogP contribution in [-0.2, 0) is 22.2 Å². The normalized spacial score (nSPS) is 18.9. The summed E-state index contributed by atoms with van der Waals surface area (Å²) < 4.78 is 51.3. The number of ether oxygens (including phenoxy) is 2. The Morgan fingerprint density at radius 1 is 1.05 bits per heavy atom. The first-order chi connectivity index (χ1) is 17.7. The van der Waals surface area contributed by atoms with Gasteiger partial charge in [0.2, 0.25) is 0 Å². The second-order valence-corrected chi connectivity index (χ2v) is 8.77. The van der Waals surface area contributed by atoms with Crippen LogP contribution >= 0.6 is 0 Å². The van der Waals surface area contributed by atoms with Crippen LogP contribution in [0.25, 0.3) is 5.76 Å². The van der Waals surface area contributed by atoms with Crippen molar-refractivity contribution >= 4 is 23.1 Å². The summed E-state index contributed by atoms with van der Waals surface area (Å²) in [4.78, 5) is 27.6. The van der Waals surface area contributed by atoms with E-state index in [1.165, 1.54) is 19.2 Å². The minimum Gasteiger partial charge on any atom is -0.507 e. The molecule has 1 unspecified atom stereocenters. The summed E-state index contributed by atoms with van der Waals surface area (Å²) in [6.45, 7) is 0.580. The van der Waals surface area contributed by atoms with E-state index in [9.17, 15) is 27.9 Å². The molecule has 2 aliphatic heterocycles. The molecule has 1 saturated heterocycles. The molecule has 0 spiro atoms. The number of rotatable bonds is 4. The zero-order valence-corrected chi connectivity index (χ0v) is 19.7. The highest BCUT2D eigenvalue weighted by molar-refractivity contribution is 6.51. The zero-order valence-electron chi connectivity index (χ0n) is 19.7. The van der Waals surface area contributed by atoms with Crippen molar-refractivity contribution in [2.45, 2.75) is 25.1 Å². The number of nitrogens with zero attached hydrogens (tertiary/aromatic N) is 1. The molecular weight excluding hydrogens is 487 g/mol. The van der Waals surface area contributed by atoms with Gasteiger partial charge in [0.25, 0.3) is 11.7 Å². The quantitative estimate of drug-likeness (QED) is 0.279. The molecule has 3 aromatic rings. The number of methoxy groups -OCH3 is 1. The third-order valence-electron chi connectivity index (χ3n) is 6.49. The topological polar surface area (TPSA) is 76.1 Å².